The van der Waals surface area contributed by atoms with Crippen LogP contribution in [0.2, 0.25) is 0 Å². The minimum atomic E-state index is -0.760. The van der Waals surface area contributed by atoms with Crippen molar-refractivity contribution < 1.29 is 9.90 Å². The van der Waals surface area contributed by atoms with E-state index in [0.717, 1.165) is 31.4 Å². The molecule has 0 aliphatic carbocycles. The zero-order chi connectivity index (χ0) is 12.0. The topological polar surface area (TPSA) is 49.3 Å². The Morgan fingerprint density at radius 2 is 2.31 bits per heavy atom. The number of carbonyl (C=O) groups excluding carboxylic acids is 1. The number of carbonyl (C=O) groups is 1. The van der Waals surface area contributed by atoms with Crippen LogP contribution in [-0.4, -0.2) is 34.2 Å². The van der Waals surface area contributed by atoms with Crippen LogP contribution in [0.5, 0.6) is 0 Å². The van der Waals surface area contributed by atoms with E-state index < -0.39 is 5.60 Å². The molecule has 2 unspecified atom stereocenters. The van der Waals surface area contributed by atoms with Crippen molar-refractivity contribution in [3.05, 3.63) is 0 Å². The Balaban J connectivity index is 2.28. The van der Waals surface area contributed by atoms with Gasteiger partial charge in [0.05, 0.1) is 10.9 Å². The molecule has 1 amide bonds. The molecule has 0 aromatic carbocycles. The van der Waals surface area contributed by atoms with Crippen molar-refractivity contribution in [3.8, 4) is 0 Å². The molecule has 2 N–H and O–H groups in total. The number of rotatable bonds is 5. The average molecular weight is 245 g/mol. The lowest BCUT2D eigenvalue weighted by molar-refractivity contribution is -0.121. The third-order valence-corrected chi connectivity index (χ3v) is 4.28. The van der Waals surface area contributed by atoms with Crippen LogP contribution in [-0.2, 0) is 4.79 Å². The molecule has 0 spiro atoms. The Labute approximate surface area is 102 Å². The van der Waals surface area contributed by atoms with E-state index in [1.165, 1.54) is 6.42 Å². The van der Waals surface area contributed by atoms with Crippen LogP contribution in [0.15, 0.2) is 0 Å². The highest BCUT2D eigenvalue weighted by atomic mass is 32.2. The Kier molecular flexibility index (Phi) is 5.62. The van der Waals surface area contributed by atoms with Gasteiger partial charge in [-0.15, -0.1) is 11.8 Å². The SMILES string of the molecule is CCCC(C)(O)CNC(=O)C1CCCCS1. The number of hydrogen-bond donors (Lipinski definition) is 2. The van der Waals surface area contributed by atoms with Gasteiger partial charge in [0.15, 0.2) is 0 Å². The summed E-state index contributed by atoms with van der Waals surface area (Å²) in [6, 6.07) is 0. The monoisotopic (exact) mass is 245 g/mol. The lowest BCUT2D eigenvalue weighted by Gasteiger charge is -2.26. The van der Waals surface area contributed by atoms with E-state index in [4.69, 9.17) is 0 Å². The van der Waals surface area contributed by atoms with Gasteiger partial charge >= 0.3 is 0 Å². The second-order valence-electron chi connectivity index (χ2n) is 4.82. The fraction of sp³-hybridized carbons (Fsp3) is 0.917. The fourth-order valence-electron chi connectivity index (χ4n) is 1.97. The number of aliphatic hydroxyl groups is 1. The summed E-state index contributed by atoms with van der Waals surface area (Å²) in [7, 11) is 0. The van der Waals surface area contributed by atoms with E-state index >= 15 is 0 Å². The van der Waals surface area contributed by atoms with Crippen LogP contribution in [0, 0.1) is 0 Å². The van der Waals surface area contributed by atoms with Crippen LogP contribution >= 0.6 is 11.8 Å². The highest BCUT2D eigenvalue weighted by Crippen LogP contribution is 2.25. The maximum atomic E-state index is 11.8. The molecule has 0 radical (unpaired) electrons. The van der Waals surface area contributed by atoms with Gasteiger partial charge in [-0.2, -0.15) is 0 Å². The Hall–Kier alpha value is -0.220. The van der Waals surface area contributed by atoms with Crippen LogP contribution in [0.25, 0.3) is 0 Å². The summed E-state index contributed by atoms with van der Waals surface area (Å²) in [6.07, 6.45) is 5.01. The lowest BCUT2D eigenvalue weighted by Crippen LogP contribution is -2.44. The van der Waals surface area contributed by atoms with E-state index in [1.807, 2.05) is 6.92 Å². The fourth-order valence-corrected chi connectivity index (χ4v) is 3.19. The molecule has 1 fully saturated rings. The maximum Gasteiger partial charge on any atom is 0.233 e. The Morgan fingerprint density at radius 3 is 2.88 bits per heavy atom. The van der Waals surface area contributed by atoms with E-state index in [0.29, 0.717) is 6.54 Å². The summed E-state index contributed by atoms with van der Waals surface area (Å²) in [5.74, 6) is 1.18. The normalized spacial score (nSPS) is 24.8. The standard InChI is InChI=1S/C12H23NO2S/c1-3-7-12(2,15)9-13-11(14)10-6-4-5-8-16-10/h10,15H,3-9H2,1-2H3,(H,13,14). The summed E-state index contributed by atoms with van der Waals surface area (Å²) in [5.41, 5.74) is -0.760. The molecule has 1 heterocycles. The Morgan fingerprint density at radius 1 is 1.56 bits per heavy atom. The quantitative estimate of drug-likeness (QED) is 0.778. The van der Waals surface area contributed by atoms with E-state index in [2.05, 4.69) is 5.32 Å². The molecule has 1 saturated heterocycles. The summed E-state index contributed by atoms with van der Waals surface area (Å²) < 4.78 is 0. The highest BCUT2D eigenvalue weighted by molar-refractivity contribution is 8.00. The van der Waals surface area contributed by atoms with Crippen molar-refractivity contribution in [3.63, 3.8) is 0 Å². The molecule has 4 heteroatoms. The van der Waals surface area contributed by atoms with Gasteiger partial charge in [-0.05, 0) is 31.9 Å². The van der Waals surface area contributed by atoms with Crippen molar-refractivity contribution in [2.75, 3.05) is 12.3 Å². The molecule has 1 aliphatic heterocycles. The summed E-state index contributed by atoms with van der Waals surface area (Å²) in [5, 5.41) is 12.9. The van der Waals surface area contributed by atoms with E-state index in [1.54, 1.807) is 18.7 Å². The first-order valence-electron chi connectivity index (χ1n) is 6.17. The summed E-state index contributed by atoms with van der Waals surface area (Å²) in [6.45, 7) is 4.19. The van der Waals surface area contributed by atoms with Crippen molar-refractivity contribution in [2.24, 2.45) is 0 Å². The van der Waals surface area contributed by atoms with Crippen molar-refractivity contribution >= 4 is 17.7 Å². The van der Waals surface area contributed by atoms with Crippen molar-refractivity contribution in [1.82, 2.24) is 5.32 Å². The van der Waals surface area contributed by atoms with Gasteiger partial charge in [-0.1, -0.05) is 19.8 Å². The van der Waals surface area contributed by atoms with Crippen LogP contribution in [0.3, 0.4) is 0 Å². The molecule has 3 nitrogen and oxygen atoms in total. The smallest absolute Gasteiger partial charge is 0.233 e. The minimum Gasteiger partial charge on any atom is -0.388 e. The molecule has 0 aromatic rings. The maximum absolute atomic E-state index is 11.8. The van der Waals surface area contributed by atoms with Gasteiger partial charge in [0.25, 0.3) is 0 Å². The second kappa shape index (κ2) is 6.50. The number of nitrogens with one attached hydrogen (secondary N) is 1. The van der Waals surface area contributed by atoms with Crippen molar-refractivity contribution in [1.29, 1.82) is 0 Å². The number of amides is 1. The van der Waals surface area contributed by atoms with Gasteiger partial charge in [0.1, 0.15) is 0 Å². The molecule has 0 bridgehead atoms. The predicted molar refractivity (Wildman–Crippen MR) is 68.6 cm³/mol. The van der Waals surface area contributed by atoms with Crippen molar-refractivity contribution in [2.45, 2.75) is 56.8 Å². The molecule has 1 rings (SSSR count). The lowest BCUT2D eigenvalue weighted by atomic mass is 10.0. The first-order chi connectivity index (χ1) is 7.55. The van der Waals surface area contributed by atoms with Gasteiger partial charge in [-0.3, -0.25) is 4.79 Å². The van der Waals surface area contributed by atoms with E-state index in [9.17, 15) is 9.90 Å². The van der Waals surface area contributed by atoms with Gasteiger partial charge < -0.3 is 10.4 Å². The van der Waals surface area contributed by atoms with Crippen LogP contribution in [0.4, 0.5) is 0 Å². The summed E-state index contributed by atoms with van der Waals surface area (Å²) >= 11 is 1.74. The molecular formula is C12H23NO2S. The predicted octanol–water partition coefficient (Wildman–Crippen LogP) is 1.94. The largest absolute Gasteiger partial charge is 0.388 e. The number of thioether (sulfide) groups is 1. The van der Waals surface area contributed by atoms with Gasteiger partial charge in [0, 0.05) is 6.54 Å². The van der Waals surface area contributed by atoms with E-state index in [-0.39, 0.29) is 11.2 Å². The molecule has 0 aromatic heterocycles. The highest BCUT2D eigenvalue weighted by Gasteiger charge is 2.25. The van der Waals surface area contributed by atoms with Gasteiger partial charge in [0.2, 0.25) is 5.91 Å². The molecular weight excluding hydrogens is 222 g/mol. The molecule has 0 saturated carbocycles. The number of hydrogen-bond acceptors (Lipinski definition) is 3. The molecule has 2 atom stereocenters. The first-order valence-corrected chi connectivity index (χ1v) is 7.22. The second-order valence-corrected chi connectivity index (χ2v) is 6.13. The zero-order valence-electron chi connectivity index (χ0n) is 10.3. The molecule has 1 aliphatic rings. The van der Waals surface area contributed by atoms with Crippen LogP contribution < -0.4 is 5.32 Å². The average Bonchev–Trinajstić information content (AvgIpc) is 2.27. The Bertz CT molecular complexity index is 225. The third kappa shape index (κ3) is 4.74. The van der Waals surface area contributed by atoms with Crippen LogP contribution in [0.1, 0.15) is 46.0 Å². The third-order valence-electron chi connectivity index (χ3n) is 2.90. The molecule has 16 heavy (non-hydrogen) atoms. The summed E-state index contributed by atoms with van der Waals surface area (Å²) in [4.78, 5) is 11.8. The minimum absolute atomic E-state index is 0.0982. The molecule has 94 valence electrons. The van der Waals surface area contributed by atoms with Gasteiger partial charge in [-0.25, -0.2) is 0 Å². The first kappa shape index (κ1) is 13.8. The zero-order valence-corrected chi connectivity index (χ0v) is 11.1.